The number of hydrogen-bond acceptors (Lipinski definition) is 2. The van der Waals surface area contributed by atoms with Crippen LogP contribution in [0.3, 0.4) is 0 Å². The number of rotatable bonds is 1. The average molecular weight is 202 g/mol. The molecule has 2 atom stereocenters. The van der Waals surface area contributed by atoms with Crippen LogP contribution in [0.2, 0.25) is 0 Å². The molecule has 0 amide bonds. The molecule has 1 aromatic carbocycles. The van der Waals surface area contributed by atoms with Gasteiger partial charge >= 0.3 is 0 Å². The quantitative estimate of drug-likeness (QED) is 0.696. The van der Waals surface area contributed by atoms with Crippen molar-refractivity contribution in [2.45, 2.75) is 18.4 Å². The molecule has 0 aromatic heterocycles. The van der Waals surface area contributed by atoms with Gasteiger partial charge in [0.25, 0.3) is 0 Å². The van der Waals surface area contributed by atoms with Gasteiger partial charge in [-0.2, -0.15) is 0 Å². The van der Waals surface area contributed by atoms with Crippen LogP contribution >= 0.6 is 0 Å². The van der Waals surface area contributed by atoms with Crippen molar-refractivity contribution in [1.82, 2.24) is 0 Å². The fourth-order valence-electron chi connectivity index (χ4n) is 2.36. The Morgan fingerprint density at radius 2 is 2.13 bits per heavy atom. The molecule has 0 N–H and O–H groups in total. The second-order valence-corrected chi connectivity index (χ2v) is 4.03. The zero-order valence-corrected chi connectivity index (χ0v) is 8.56. The lowest BCUT2D eigenvalue weighted by Gasteiger charge is -2.27. The third kappa shape index (κ3) is 1.60. The van der Waals surface area contributed by atoms with E-state index in [0.29, 0.717) is 18.8 Å². The van der Waals surface area contributed by atoms with Gasteiger partial charge in [0.15, 0.2) is 0 Å². The Balaban J connectivity index is 1.86. The molecule has 0 saturated carbocycles. The SMILES string of the molecule is C1=CC(C2CCOCO2)c2ccccc21. The first-order chi connectivity index (χ1) is 7.45. The third-order valence-corrected chi connectivity index (χ3v) is 3.15. The highest BCUT2D eigenvalue weighted by Crippen LogP contribution is 2.35. The van der Waals surface area contributed by atoms with Crippen molar-refractivity contribution in [2.75, 3.05) is 13.4 Å². The van der Waals surface area contributed by atoms with E-state index in [-0.39, 0.29) is 0 Å². The van der Waals surface area contributed by atoms with Crippen LogP contribution in [0, 0.1) is 0 Å². The maximum Gasteiger partial charge on any atom is 0.147 e. The summed E-state index contributed by atoms with van der Waals surface area (Å²) >= 11 is 0. The summed E-state index contributed by atoms with van der Waals surface area (Å²) < 4.78 is 10.8. The molecular weight excluding hydrogens is 188 g/mol. The van der Waals surface area contributed by atoms with E-state index in [1.165, 1.54) is 11.1 Å². The molecule has 1 aromatic rings. The zero-order chi connectivity index (χ0) is 10.1. The lowest BCUT2D eigenvalue weighted by atomic mass is 9.93. The van der Waals surface area contributed by atoms with Gasteiger partial charge in [0.1, 0.15) is 6.79 Å². The largest absolute Gasteiger partial charge is 0.355 e. The van der Waals surface area contributed by atoms with E-state index in [0.717, 1.165) is 13.0 Å². The molecule has 15 heavy (non-hydrogen) atoms. The summed E-state index contributed by atoms with van der Waals surface area (Å²) in [5, 5.41) is 0. The Morgan fingerprint density at radius 3 is 3.00 bits per heavy atom. The van der Waals surface area contributed by atoms with Crippen molar-refractivity contribution in [3.05, 3.63) is 41.5 Å². The van der Waals surface area contributed by atoms with E-state index in [1.807, 2.05) is 0 Å². The van der Waals surface area contributed by atoms with Gasteiger partial charge in [0.2, 0.25) is 0 Å². The fraction of sp³-hybridized carbons (Fsp3) is 0.385. The molecule has 1 heterocycles. The minimum Gasteiger partial charge on any atom is -0.355 e. The highest BCUT2D eigenvalue weighted by Gasteiger charge is 2.28. The molecule has 0 bridgehead atoms. The van der Waals surface area contributed by atoms with Crippen molar-refractivity contribution < 1.29 is 9.47 Å². The fourth-order valence-corrected chi connectivity index (χ4v) is 2.36. The van der Waals surface area contributed by atoms with Crippen LogP contribution in [-0.4, -0.2) is 19.5 Å². The molecule has 3 rings (SSSR count). The first-order valence-corrected chi connectivity index (χ1v) is 5.41. The van der Waals surface area contributed by atoms with Gasteiger partial charge in [-0.25, -0.2) is 0 Å². The number of ether oxygens (including phenoxy) is 2. The number of benzene rings is 1. The van der Waals surface area contributed by atoms with Crippen molar-refractivity contribution in [2.24, 2.45) is 0 Å². The van der Waals surface area contributed by atoms with E-state index in [2.05, 4.69) is 36.4 Å². The van der Waals surface area contributed by atoms with Gasteiger partial charge in [-0.3, -0.25) is 0 Å². The van der Waals surface area contributed by atoms with Crippen LogP contribution in [0.25, 0.3) is 6.08 Å². The maximum atomic E-state index is 5.65. The molecule has 2 aliphatic rings. The predicted molar refractivity (Wildman–Crippen MR) is 58.5 cm³/mol. The van der Waals surface area contributed by atoms with Gasteiger partial charge in [-0.05, 0) is 17.5 Å². The van der Waals surface area contributed by atoms with E-state index >= 15 is 0 Å². The predicted octanol–water partition coefficient (Wildman–Crippen LogP) is 2.56. The van der Waals surface area contributed by atoms with Crippen molar-refractivity contribution in [1.29, 1.82) is 0 Å². The molecule has 78 valence electrons. The second kappa shape index (κ2) is 3.80. The van der Waals surface area contributed by atoms with Gasteiger partial charge < -0.3 is 9.47 Å². The molecule has 1 saturated heterocycles. The summed E-state index contributed by atoms with van der Waals surface area (Å²) in [5.41, 5.74) is 2.72. The second-order valence-electron chi connectivity index (χ2n) is 4.03. The maximum absolute atomic E-state index is 5.65. The van der Waals surface area contributed by atoms with Crippen molar-refractivity contribution in [3.63, 3.8) is 0 Å². The molecule has 2 unspecified atom stereocenters. The summed E-state index contributed by atoms with van der Waals surface area (Å²) in [4.78, 5) is 0. The summed E-state index contributed by atoms with van der Waals surface area (Å²) in [6.45, 7) is 1.26. The molecule has 2 nitrogen and oxygen atoms in total. The van der Waals surface area contributed by atoms with Crippen molar-refractivity contribution in [3.8, 4) is 0 Å². The molecule has 2 heteroatoms. The smallest absolute Gasteiger partial charge is 0.147 e. The molecule has 0 spiro atoms. The Hall–Kier alpha value is -1.12. The van der Waals surface area contributed by atoms with Gasteiger partial charge in [-0.1, -0.05) is 36.4 Å². The molecule has 1 aliphatic carbocycles. The summed E-state index contributed by atoms with van der Waals surface area (Å²) in [6, 6.07) is 8.53. The van der Waals surface area contributed by atoms with E-state index in [9.17, 15) is 0 Å². The van der Waals surface area contributed by atoms with Crippen LogP contribution in [0.5, 0.6) is 0 Å². The number of fused-ring (bicyclic) bond motifs is 1. The lowest BCUT2D eigenvalue weighted by molar-refractivity contribution is -0.142. The normalized spacial score (nSPS) is 29.1. The standard InChI is InChI=1S/C13H14O2/c1-2-4-11-10(3-1)5-6-12(11)13-7-8-14-9-15-13/h1-6,12-13H,7-9H2. The van der Waals surface area contributed by atoms with Gasteiger partial charge in [0.05, 0.1) is 12.7 Å². The van der Waals surface area contributed by atoms with Gasteiger partial charge in [0, 0.05) is 5.92 Å². The highest BCUT2D eigenvalue weighted by molar-refractivity contribution is 5.62. The van der Waals surface area contributed by atoms with Crippen molar-refractivity contribution >= 4 is 6.08 Å². The molecule has 1 fully saturated rings. The Bertz CT molecular complexity index is 378. The Labute approximate surface area is 89.5 Å². The molecule has 0 radical (unpaired) electrons. The monoisotopic (exact) mass is 202 g/mol. The van der Waals surface area contributed by atoms with E-state index in [4.69, 9.17) is 9.47 Å². The summed E-state index contributed by atoms with van der Waals surface area (Å²) in [6.07, 6.45) is 5.72. The number of hydrogen-bond donors (Lipinski definition) is 0. The third-order valence-electron chi connectivity index (χ3n) is 3.15. The Morgan fingerprint density at radius 1 is 1.20 bits per heavy atom. The van der Waals surface area contributed by atoms with Crippen LogP contribution in [-0.2, 0) is 9.47 Å². The molecule has 1 aliphatic heterocycles. The lowest BCUT2D eigenvalue weighted by Crippen LogP contribution is -2.28. The topological polar surface area (TPSA) is 18.5 Å². The average Bonchev–Trinajstić information content (AvgIpc) is 2.74. The molecular formula is C13H14O2. The first kappa shape index (κ1) is 9.13. The van der Waals surface area contributed by atoms with Crippen LogP contribution in [0.1, 0.15) is 23.5 Å². The highest BCUT2D eigenvalue weighted by atomic mass is 16.7. The minimum absolute atomic E-state index is 0.290. The summed E-state index contributed by atoms with van der Waals surface area (Å²) in [7, 11) is 0. The zero-order valence-electron chi connectivity index (χ0n) is 8.56. The summed E-state index contributed by atoms with van der Waals surface area (Å²) in [5.74, 6) is 0.421. The first-order valence-electron chi connectivity index (χ1n) is 5.41. The van der Waals surface area contributed by atoms with E-state index < -0.39 is 0 Å². The van der Waals surface area contributed by atoms with Crippen LogP contribution < -0.4 is 0 Å². The van der Waals surface area contributed by atoms with Crippen LogP contribution in [0.15, 0.2) is 30.3 Å². The Kier molecular flexibility index (Phi) is 2.31. The van der Waals surface area contributed by atoms with Gasteiger partial charge in [-0.15, -0.1) is 0 Å². The van der Waals surface area contributed by atoms with Crippen LogP contribution in [0.4, 0.5) is 0 Å². The van der Waals surface area contributed by atoms with E-state index in [1.54, 1.807) is 0 Å². The minimum atomic E-state index is 0.290.